The molecule has 1 aromatic rings. The van der Waals surface area contributed by atoms with Gasteiger partial charge in [-0.1, -0.05) is 43.2 Å². The first-order valence-corrected chi connectivity index (χ1v) is 11.2. The third-order valence-electron chi connectivity index (χ3n) is 6.17. The maximum atomic E-state index is 12.8. The van der Waals surface area contributed by atoms with Crippen LogP contribution in [-0.4, -0.2) is 81.1 Å². The number of hydrogen-bond donors (Lipinski definition) is 2. The van der Waals surface area contributed by atoms with Gasteiger partial charge in [0.2, 0.25) is 11.8 Å². The minimum Gasteiger partial charge on any atom is -0.383 e. The quantitative estimate of drug-likeness (QED) is 0.565. The molecule has 7 heteroatoms. The Hall–Kier alpha value is -1.96. The summed E-state index contributed by atoms with van der Waals surface area (Å²) in [5, 5.41) is 6.18. The van der Waals surface area contributed by atoms with E-state index in [0.29, 0.717) is 32.2 Å². The summed E-state index contributed by atoms with van der Waals surface area (Å²) in [6, 6.07) is 10.5. The molecule has 1 unspecified atom stereocenters. The molecule has 0 bridgehead atoms. The Morgan fingerprint density at radius 1 is 1.00 bits per heavy atom. The van der Waals surface area contributed by atoms with Crippen LogP contribution < -0.4 is 10.6 Å². The summed E-state index contributed by atoms with van der Waals surface area (Å²) < 4.78 is 4.95. The molecule has 0 spiro atoms. The lowest BCUT2D eigenvalue weighted by Crippen LogP contribution is -2.52. The second kappa shape index (κ2) is 12.0. The zero-order valence-electron chi connectivity index (χ0n) is 18.1. The van der Waals surface area contributed by atoms with Crippen molar-refractivity contribution in [3.63, 3.8) is 0 Å². The molecule has 1 atom stereocenters. The Labute approximate surface area is 180 Å². The number of methoxy groups -OCH3 is 1. The number of benzene rings is 1. The first kappa shape index (κ1) is 22.7. The molecule has 1 aromatic carbocycles. The molecule has 2 amide bonds. The number of nitrogens with zero attached hydrogens (tertiary/aromatic N) is 2. The van der Waals surface area contributed by atoms with Gasteiger partial charge >= 0.3 is 0 Å². The normalized spacial score (nSPS) is 19.5. The van der Waals surface area contributed by atoms with E-state index in [1.807, 2.05) is 18.2 Å². The predicted octanol–water partition coefficient (Wildman–Crippen LogP) is 1.41. The van der Waals surface area contributed by atoms with Crippen molar-refractivity contribution in [2.24, 2.45) is 5.92 Å². The van der Waals surface area contributed by atoms with Crippen LogP contribution in [0.5, 0.6) is 0 Å². The molecule has 7 nitrogen and oxygen atoms in total. The molecule has 0 radical (unpaired) electrons. The van der Waals surface area contributed by atoms with E-state index in [1.165, 1.54) is 31.2 Å². The second-order valence-corrected chi connectivity index (χ2v) is 8.40. The Kier molecular flexibility index (Phi) is 9.11. The molecule has 30 heavy (non-hydrogen) atoms. The van der Waals surface area contributed by atoms with E-state index in [1.54, 1.807) is 7.11 Å². The van der Waals surface area contributed by atoms with Gasteiger partial charge in [-0.25, -0.2) is 0 Å². The molecule has 166 valence electrons. The number of amides is 2. The standard InChI is InChI=1S/C23H36N4O3/c1-30-16-11-24-21(28)17-26-12-14-27(15-13-26)18-22(29)25-23(20-9-5-6-10-20)19-7-3-2-4-8-19/h2-4,7-8,20,23H,5-6,9-18H2,1H3,(H,24,28)(H,25,29). The van der Waals surface area contributed by atoms with Crippen molar-refractivity contribution in [3.8, 4) is 0 Å². The molecule has 1 saturated carbocycles. The van der Waals surface area contributed by atoms with E-state index in [4.69, 9.17) is 4.74 Å². The highest BCUT2D eigenvalue weighted by molar-refractivity contribution is 5.79. The fourth-order valence-electron chi connectivity index (χ4n) is 4.50. The summed E-state index contributed by atoms with van der Waals surface area (Å²) in [4.78, 5) is 29.1. The van der Waals surface area contributed by atoms with Crippen molar-refractivity contribution in [3.05, 3.63) is 35.9 Å². The van der Waals surface area contributed by atoms with Gasteiger partial charge in [0.1, 0.15) is 0 Å². The number of carbonyl (C=O) groups is 2. The molecular formula is C23H36N4O3. The van der Waals surface area contributed by atoms with Crippen LogP contribution in [0.15, 0.2) is 30.3 Å². The smallest absolute Gasteiger partial charge is 0.234 e. The molecule has 1 aliphatic heterocycles. The maximum absolute atomic E-state index is 12.8. The number of ether oxygens (including phenoxy) is 1. The van der Waals surface area contributed by atoms with Gasteiger partial charge in [0.15, 0.2) is 0 Å². The molecule has 2 N–H and O–H groups in total. The van der Waals surface area contributed by atoms with Crippen molar-refractivity contribution >= 4 is 11.8 Å². The summed E-state index contributed by atoms with van der Waals surface area (Å²) in [5.74, 6) is 0.659. The molecule has 2 aliphatic rings. The van der Waals surface area contributed by atoms with Crippen LogP contribution in [0.2, 0.25) is 0 Å². The van der Waals surface area contributed by atoms with Crippen LogP contribution in [0, 0.1) is 5.92 Å². The van der Waals surface area contributed by atoms with Crippen molar-refractivity contribution in [1.82, 2.24) is 20.4 Å². The third kappa shape index (κ3) is 7.07. The van der Waals surface area contributed by atoms with Crippen molar-refractivity contribution in [2.45, 2.75) is 31.7 Å². The number of piperazine rings is 1. The van der Waals surface area contributed by atoms with Crippen LogP contribution in [-0.2, 0) is 14.3 Å². The summed E-state index contributed by atoms with van der Waals surface area (Å²) in [7, 11) is 1.62. The summed E-state index contributed by atoms with van der Waals surface area (Å²) >= 11 is 0. The first-order valence-electron chi connectivity index (χ1n) is 11.2. The monoisotopic (exact) mass is 416 g/mol. The van der Waals surface area contributed by atoms with Gasteiger partial charge in [-0.15, -0.1) is 0 Å². The lowest BCUT2D eigenvalue weighted by atomic mass is 9.91. The summed E-state index contributed by atoms with van der Waals surface area (Å²) in [6.07, 6.45) is 4.88. The van der Waals surface area contributed by atoms with Crippen molar-refractivity contribution in [1.29, 1.82) is 0 Å². The number of carbonyl (C=O) groups excluding carboxylic acids is 2. The van der Waals surface area contributed by atoms with Crippen LogP contribution in [0.1, 0.15) is 37.3 Å². The van der Waals surface area contributed by atoms with Crippen LogP contribution in [0.3, 0.4) is 0 Å². The SMILES string of the molecule is COCCNC(=O)CN1CCN(CC(=O)NC(c2ccccc2)C2CCCC2)CC1. The Morgan fingerprint density at radius 2 is 1.60 bits per heavy atom. The summed E-state index contributed by atoms with van der Waals surface area (Å²) in [5.41, 5.74) is 1.21. The van der Waals surface area contributed by atoms with Gasteiger partial charge in [-0.05, 0) is 24.3 Å². The third-order valence-corrected chi connectivity index (χ3v) is 6.17. The highest BCUT2D eigenvalue weighted by atomic mass is 16.5. The van der Waals surface area contributed by atoms with Gasteiger partial charge in [-0.2, -0.15) is 0 Å². The van der Waals surface area contributed by atoms with Gasteiger partial charge in [0, 0.05) is 39.8 Å². The molecule has 0 aromatic heterocycles. The van der Waals surface area contributed by atoms with E-state index >= 15 is 0 Å². The lowest BCUT2D eigenvalue weighted by molar-refractivity contribution is -0.125. The fourth-order valence-corrected chi connectivity index (χ4v) is 4.50. The number of hydrogen-bond acceptors (Lipinski definition) is 5. The van der Waals surface area contributed by atoms with Gasteiger partial charge in [-0.3, -0.25) is 19.4 Å². The summed E-state index contributed by atoms with van der Waals surface area (Å²) in [6.45, 7) is 5.10. The molecule has 2 fully saturated rings. The van der Waals surface area contributed by atoms with Gasteiger partial charge in [0.25, 0.3) is 0 Å². The number of rotatable bonds is 10. The van der Waals surface area contributed by atoms with E-state index < -0.39 is 0 Å². The zero-order valence-corrected chi connectivity index (χ0v) is 18.1. The highest BCUT2D eigenvalue weighted by Crippen LogP contribution is 2.35. The minimum absolute atomic E-state index is 0.0282. The zero-order chi connectivity index (χ0) is 21.2. The van der Waals surface area contributed by atoms with Crippen molar-refractivity contribution in [2.75, 3.05) is 59.5 Å². The Balaban J connectivity index is 1.43. The highest BCUT2D eigenvalue weighted by Gasteiger charge is 2.28. The molecule has 1 aliphatic carbocycles. The second-order valence-electron chi connectivity index (χ2n) is 8.40. The molecular weight excluding hydrogens is 380 g/mol. The van der Waals surface area contributed by atoms with E-state index in [-0.39, 0.29) is 17.9 Å². The maximum Gasteiger partial charge on any atom is 0.234 e. The fraction of sp³-hybridized carbons (Fsp3) is 0.652. The number of nitrogens with one attached hydrogen (secondary N) is 2. The minimum atomic E-state index is 0.0282. The van der Waals surface area contributed by atoms with E-state index in [9.17, 15) is 9.59 Å². The van der Waals surface area contributed by atoms with Crippen LogP contribution in [0.25, 0.3) is 0 Å². The predicted molar refractivity (Wildman–Crippen MR) is 117 cm³/mol. The molecule has 1 saturated heterocycles. The van der Waals surface area contributed by atoms with Crippen LogP contribution in [0.4, 0.5) is 0 Å². The van der Waals surface area contributed by atoms with E-state index in [2.05, 4.69) is 32.6 Å². The van der Waals surface area contributed by atoms with Gasteiger partial charge in [0.05, 0.1) is 25.7 Å². The van der Waals surface area contributed by atoms with Gasteiger partial charge < -0.3 is 15.4 Å². The first-order chi connectivity index (χ1) is 14.7. The Bertz CT molecular complexity index is 656. The largest absolute Gasteiger partial charge is 0.383 e. The van der Waals surface area contributed by atoms with E-state index in [0.717, 1.165) is 26.2 Å². The van der Waals surface area contributed by atoms with Crippen molar-refractivity contribution < 1.29 is 14.3 Å². The topological polar surface area (TPSA) is 73.9 Å². The average Bonchev–Trinajstić information content (AvgIpc) is 3.29. The lowest BCUT2D eigenvalue weighted by Gasteiger charge is -2.34. The molecule has 3 rings (SSSR count). The molecule has 1 heterocycles. The van der Waals surface area contributed by atoms with Crippen LogP contribution >= 0.6 is 0 Å². The Morgan fingerprint density at radius 3 is 2.20 bits per heavy atom. The average molecular weight is 417 g/mol.